The van der Waals surface area contributed by atoms with Crippen molar-refractivity contribution in [3.05, 3.63) is 95.1 Å². The van der Waals surface area contributed by atoms with Crippen LogP contribution in [0.5, 0.6) is 0 Å². The summed E-state index contributed by atoms with van der Waals surface area (Å²) in [5, 5.41) is 32.5. The van der Waals surface area contributed by atoms with Crippen molar-refractivity contribution < 1.29 is 24.9 Å². The largest absolute Gasteiger partial charge is 0.392 e. The third kappa shape index (κ3) is 5.71. The summed E-state index contributed by atoms with van der Waals surface area (Å²) < 4.78 is 0. The molecule has 182 valence electrons. The van der Waals surface area contributed by atoms with E-state index in [2.05, 4.69) is 5.32 Å². The van der Waals surface area contributed by atoms with Crippen LogP contribution in [0.25, 0.3) is 11.1 Å². The number of amides is 2. The lowest BCUT2D eigenvalue weighted by Crippen LogP contribution is -2.51. The number of carbonyl (C=O) groups is 2. The first-order chi connectivity index (χ1) is 16.9. The number of nitrogens with zero attached hydrogens (tertiary/aromatic N) is 1. The Hall–Kier alpha value is -3.23. The van der Waals surface area contributed by atoms with Gasteiger partial charge in [0.25, 0.3) is 11.8 Å². The van der Waals surface area contributed by atoms with Crippen LogP contribution in [0.1, 0.15) is 27.8 Å². The topological polar surface area (TPSA) is 110 Å². The quantitative estimate of drug-likeness (QED) is 0.298. The van der Waals surface area contributed by atoms with E-state index < -0.39 is 29.5 Å². The molecule has 2 amide bonds. The fourth-order valence-corrected chi connectivity index (χ4v) is 4.39. The Morgan fingerprint density at radius 2 is 1.63 bits per heavy atom. The molecule has 0 saturated heterocycles. The maximum absolute atomic E-state index is 12.7. The normalized spacial score (nSPS) is 15.6. The van der Waals surface area contributed by atoms with Gasteiger partial charge < -0.3 is 25.5 Å². The van der Waals surface area contributed by atoms with Crippen LogP contribution in [-0.2, 0) is 29.2 Å². The van der Waals surface area contributed by atoms with Crippen molar-refractivity contribution in [1.29, 1.82) is 0 Å². The van der Waals surface area contributed by atoms with E-state index in [1.54, 1.807) is 12.1 Å². The average Bonchev–Trinajstić information content (AvgIpc) is 2.91. The number of hydrogen-bond donors (Lipinski definition) is 4. The number of benzene rings is 3. The Morgan fingerprint density at radius 3 is 2.34 bits per heavy atom. The van der Waals surface area contributed by atoms with Gasteiger partial charge >= 0.3 is 0 Å². The molecule has 1 aliphatic heterocycles. The molecule has 0 spiro atoms. The van der Waals surface area contributed by atoms with E-state index in [4.69, 9.17) is 11.6 Å². The van der Waals surface area contributed by atoms with Gasteiger partial charge in [-0.2, -0.15) is 0 Å². The zero-order valence-electron chi connectivity index (χ0n) is 19.0. The predicted molar refractivity (Wildman–Crippen MR) is 132 cm³/mol. The van der Waals surface area contributed by atoms with E-state index in [9.17, 15) is 24.9 Å². The highest BCUT2D eigenvalue weighted by atomic mass is 35.5. The molecule has 0 saturated carbocycles. The Labute approximate surface area is 208 Å². The third-order valence-electron chi connectivity index (χ3n) is 6.18. The van der Waals surface area contributed by atoms with Gasteiger partial charge in [-0.3, -0.25) is 9.59 Å². The number of nitrogens with one attached hydrogen (secondary N) is 1. The second kappa shape index (κ2) is 11.0. The summed E-state index contributed by atoms with van der Waals surface area (Å²) in [5.74, 6) is -1.65. The number of fused-ring (bicyclic) bond motifs is 1. The standard InChI is InChI=1S/C27H27ClN2O5/c28-25(20-10-8-19(9-11-20)21-7-3-4-17(14-21)16-31)29-26(34)23(32)24(33)27(35)30-13-12-18-5-1-2-6-22(18)15-30/h1-11,14,23-25,31-33H,12-13,15-16H2,(H,29,34)/t23-,24-,25+/m0/s1. The Bertz CT molecular complexity index is 1200. The first-order valence-electron chi connectivity index (χ1n) is 11.3. The van der Waals surface area contributed by atoms with Crippen molar-refractivity contribution in [3.63, 3.8) is 0 Å². The lowest BCUT2D eigenvalue weighted by Gasteiger charge is -2.31. The van der Waals surface area contributed by atoms with Crippen LogP contribution in [0.15, 0.2) is 72.8 Å². The van der Waals surface area contributed by atoms with Gasteiger partial charge in [0, 0.05) is 13.1 Å². The van der Waals surface area contributed by atoms with Crippen molar-refractivity contribution in [1.82, 2.24) is 10.2 Å². The summed E-state index contributed by atoms with van der Waals surface area (Å²) in [6.45, 7) is 0.655. The third-order valence-corrected chi connectivity index (χ3v) is 6.54. The van der Waals surface area contributed by atoms with E-state index in [0.717, 1.165) is 27.8 Å². The summed E-state index contributed by atoms with van der Waals surface area (Å²) in [7, 11) is 0. The summed E-state index contributed by atoms with van der Waals surface area (Å²) in [6, 6.07) is 22.3. The number of hydrogen-bond acceptors (Lipinski definition) is 5. The first kappa shape index (κ1) is 24.9. The molecule has 1 aliphatic rings. The molecular formula is C27H27ClN2O5. The number of rotatable bonds is 7. The molecule has 0 bridgehead atoms. The summed E-state index contributed by atoms with van der Waals surface area (Å²) in [6.07, 6.45) is -3.22. The summed E-state index contributed by atoms with van der Waals surface area (Å²) in [4.78, 5) is 26.7. The van der Waals surface area contributed by atoms with Crippen molar-refractivity contribution in [3.8, 4) is 11.1 Å². The van der Waals surface area contributed by atoms with Crippen LogP contribution in [0, 0.1) is 0 Å². The Morgan fingerprint density at radius 1 is 0.914 bits per heavy atom. The highest BCUT2D eigenvalue weighted by Crippen LogP contribution is 2.25. The second-order valence-electron chi connectivity index (χ2n) is 8.52. The molecule has 0 fully saturated rings. The highest BCUT2D eigenvalue weighted by molar-refractivity contribution is 6.21. The number of aliphatic hydroxyl groups excluding tert-OH is 3. The predicted octanol–water partition coefficient (Wildman–Crippen LogP) is 2.51. The summed E-state index contributed by atoms with van der Waals surface area (Å²) in [5.41, 5.74) is 4.35. The molecule has 0 aliphatic carbocycles. The lowest BCUT2D eigenvalue weighted by atomic mass is 9.99. The lowest BCUT2D eigenvalue weighted by molar-refractivity contribution is -0.153. The molecule has 7 nitrogen and oxygen atoms in total. The van der Waals surface area contributed by atoms with Crippen LogP contribution < -0.4 is 5.32 Å². The highest BCUT2D eigenvalue weighted by Gasteiger charge is 2.35. The molecule has 4 rings (SSSR count). The summed E-state index contributed by atoms with van der Waals surface area (Å²) >= 11 is 6.33. The van der Waals surface area contributed by atoms with Crippen LogP contribution in [0.3, 0.4) is 0 Å². The zero-order chi connectivity index (χ0) is 24.9. The van der Waals surface area contributed by atoms with Crippen molar-refractivity contribution in [2.24, 2.45) is 0 Å². The van der Waals surface area contributed by atoms with Gasteiger partial charge in [0.15, 0.2) is 12.2 Å². The maximum atomic E-state index is 12.7. The van der Waals surface area contributed by atoms with Gasteiger partial charge in [-0.1, -0.05) is 78.3 Å². The molecule has 1 heterocycles. The van der Waals surface area contributed by atoms with Gasteiger partial charge in [0.1, 0.15) is 5.50 Å². The maximum Gasteiger partial charge on any atom is 0.255 e. The van der Waals surface area contributed by atoms with Gasteiger partial charge in [0.2, 0.25) is 0 Å². The van der Waals surface area contributed by atoms with Gasteiger partial charge in [0.05, 0.1) is 6.61 Å². The van der Waals surface area contributed by atoms with E-state index in [1.807, 2.05) is 60.7 Å². The molecule has 4 N–H and O–H groups in total. The first-order valence-corrected chi connectivity index (χ1v) is 11.8. The van der Waals surface area contributed by atoms with Crippen molar-refractivity contribution in [2.75, 3.05) is 6.54 Å². The van der Waals surface area contributed by atoms with Crippen molar-refractivity contribution >= 4 is 23.4 Å². The van der Waals surface area contributed by atoms with E-state index in [0.29, 0.717) is 25.1 Å². The number of alkyl halides is 1. The molecule has 3 aromatic carbocycles. The van der Waals surface area contributed by atoms with E-state index in [-0.39, 0.29) is 6.61 Å². The molecule has 35 heavy (non-hydrogen) atoms. The Kier molecular flexibility index (Phi) is 7.83. The van der Waals surface area contributed by atoms with E-state index >= 15 is 0 Å². The molecular weight excluding hydrogens is 468 g/mol. The minimum Gasteiger partial charge on any atom is -0.392 e. The van der Waals surface area contributed by atoms with Crippen LogP contribution in [0.2, 0.25) is 0 Å². The van der Waals surface area contributed by atoms with E-state index in [1.165, 1.54) is 4.90 Å². The van der Waals surface area contributed by atoms with Crippen molar-refractivity contribution in [2.45, 2.75) is 37.3 Å². The van der Waals surface area contributed by atoms with Crippen LogP contribution in [-0.4, -0.2) is 50.8 Å². The molecule has 8 heteroatoms. The number of halogens is 1. The minimum absolute atomic E-state index is 0.0521. The molecule has 3 atom stereocenters. The second-order valence-corrected chi connectivity index (χ2v) is 8.96. The minimum atomic E-state index is -1.96. The molecule has 0 aromatic heterocycles. The van der Waals surface area contributed by atoms with Gasteiger partial charge in [-0.25, -0.2) is 0 Å². The number of carbonyl (C=O) groups excluding carboxylic acids is 2. The number of aliphatic hydroxyl groups is 3. The molecule has 0 radical (unpaired) electrons. The average molecular weight is 495 g/mol. The smallest absolute Gasteiger partial charge is 0.255 e. The Balaban J connectivity index is 1.35. The SMILES string of the molecule is O=C(N[C@@H](Cl)c1ccc(-c2cccc(CO)c2)cc1)[C@@H](O)[C@H](O)C(=O)N1CCc2ccccc2C1. The molecule has 3 aromatic rings. The monoisotopic (exact) mass is 494 g/mol. The fourth-order valence-electron chi connectivity index (χ4n) is 4.14. The van der Waals surface area contributed by atoms with Crippen LogP contribution >= 0.6 is 11.6 Å². The van der Waals surface area contributed by atoms with Gasteiger partial charge in [-0.15, -0.1) is 0 Å². The zero-order valence-corrected chi connectivity index (χ0v) is 19.7. The fraction of sp³-hybridized carbons (Fsp3) is 0.259. The van der Waals surface area contributed by atoms with Gasteiger partial charge in [-0.05, 0) is 45.9 Å². The molecule has 0 unspecified atom stereocenters. The van der Waals surface area contributed by atoms with Crippen LogP contribution in [0.4, 0.5) is 0 Å².